The topological polar surface area (TPSA) is 13.1 Å². The van der Waals surface area contributed by atoms with E-state index in [0.29, 0.717) is 0 Å². The SMILES string of the molecule is [2H]c1c([2H])c([2H])c(-c2c3c([2H])c([2H])c([2H])c([2H])c3c(-c3c([2H])c([2H])c([2H])c4c([2H])c5c(oc6c([2H])c([2H])c([2H])c([2H])c65)c([2H])c34)c3c([2H])c([2H])c([2H])c([2H])c23)c([2H])c1[2H]. The Labute approximate surface area is 245 Å². The summed E-state index contributed by atoms with van der Waals surface area (Å²) in [7, 11) is 0. The van der Waals surface area contributed by atoms with E-state index in [1.165, 1.54) is 0 Å². The van der Waals surface area contributed by atoms with Gasteiger partial charge in [0.05, 0.1) is 30.2 Å². The van der Waals surface area contributed by atoms with E-state index in [0.717, 1.165) is 0 Å². The van der Waals surface area contributed by atoms with Gasteiger partial charge in [0.2, 0.25) is 0 Å². The van der Waals surface area contributed by atoms with Crippen LogP contribution >= 0.6 is 0 Å². The molecule has 0 radical (unpaired) electrons. The molecule has 0 saturated carbocycles. The molecule has 1 heteroatoms. The van der Waals surface area contributed by atoms with Gasteiger partial charge in [0.15, 0.2) is 0 Å². The summed E-state index contributed by atoms with van der Waals surface area (Å²) < 4.78 is 200. The normalized spacial score (nSPS) is 20.1. The standard InChI is InChI=1S/C36H22O/c1-2-11-23(12-3-1)35-26-15-4-6-17-28(26)36(29-18-7-5-16-27(29)35)30-19-10-13-24-21-32-25-14-8-9-20-33(25)37-34(32)22-31(24)30/h1-22H/i1D,2D,3D,4D,5D,6D,7D,8D,9D,10D,11D,12D,13D,14D,15D,16D,17D,18D,19D,20D,21D,22D. The largest absolute Gasteiger partial charge is 0.456 e. The Hall–Kier alpha value is -4.88. The van der Waals surface area contributed by atoms with E-state index in [-0.39, 0.29) is 10.8 Å². The fourth-order valence-electron chi connectivity index (χ4n) is 4.58. The first-order valence-electron chi connectivity index (χ1n) is 21.9. The summed E-state index contributed by atoms with van der Waals surface area (Å²) in [6.45, 7) is 0. The van der Waals surface area contributed by atoms with E-state index in [4.69, 9.17) is 25.0 Å². The zero-order valence-corrected chi connectivity index (χ0v) is 18.4. The monoisotopic (exact) mass is 492 g/mol. The molecule has 0 atom stereocenters. The van der Waals surface area contributed by atoms with Crippen molar-refractivity contribution in [2.75, 3.05) is 0 Å². The summed E-state index contributed by atoms with van der Waals surface area (Å²) in [5.41, 5.74) is -3.54. The Balaban J connectivity index is 1.79. The van der Waals surface area contributed by atoms with Crippen molar-refractivity contribution in [2.45, 2.75) is 0 Å². The van der Waals surface area contributed by atoms with Crippen molar-refractivity contribution >= 4 is 54.3 Å². The molecule has 8 rings (SSSR count). The molecule has 0 aliphatic rings. The number of furan rings is 1. The van der Waals surface area contributed by atoms with Crippen molar-refractivity contribution in [3.05, 3.63) is 133 Å². The Morgan fingerprint density at radius 1 is 0.405 bits per heavy atom. The van der Waals surface area contributed by atoms with Crippen LogP contribution in [0.3, 0.4) is 0 Å². The summed E-state index contributed by atoms with van der Waals surface area (Å²) in [4.78, 5) is 0. The molecular formula is C36H22O. The van der Waals surface area contributed by atoms with Gasteiger partial charge in [0.25, 0.3) is 0 Å². The van der Waals surface area contributed by atoms with E-state index >= 15 is 0 Å². The lowest BCUT2D eigenvalue weighted by Crippen LogP contribution is -1.91. The van der Waals surface area contributed by atoms with Crippen molar-refractivity contribution in [3.63, 3.8) is 0 Å². The lowest BCUT2D eigenvalue weighted by Gasteiger charge is -2.18. The second-order valence-electron chi connectivity index (χ2n) is 8.01. The smallest absolute Gasteiger partial charge is 0.136 e. The van der Waals surface area contributed by atoms with Crippen molar-refractivity contribution in [3.8, 4) is 22.3 Å². The van der Waals surface area contributed by atoms with E-state index < -0.39 is 199 Å². The quantitative estimate of drug-likeness (QED) is 0.219. The lowest BCUT2D eigenvalue weighted by molar-refractivity contribution is 0.669. The maximum absolute atomic E-state index is 9.49. The molecular weight excluding hydrogens is 448 g/mol. The highest BCUT2D eigenvalue weighted by Crippen LogP contribution is 2.45. The average molecular weight is 493 g/mol. The maximum atomic E-state index is 9.49. The fourth-order valence-corrected chi connectivity index (χ4v) is 4.58. The second kappa shape index (κ2) is 7.81. The maximum Gasteiger partial charge on any atom is 0.136 e. The van der Waals surface area contributed by atoms with Crippen LogP contribution in [0.2, 0.25) is 0 Å². The average Bonchev–Trinajstić information content (AvgIpc) is 3.62. The van der Waals surface area contributed by atoms with Crippen LogP contribution in [0, 0.1) is 0 Å². The highest BCUT2D eigenvalue weighted by molar-refractivity contribution is 6.24. The van der Waals surface area contributed by atoms with Crippen molar-refractivity contribution in [2.24, 2.45) is 0 Å². The van der Waals surface area contributed by atoms with Crippen molar-refractivity contribution in [1.29, 1.82) is 0 Å². The van der Waals surface area contributed by atoms with Crippen molar-refractivity contribution in [1.82, 2.24) is 0 Å². The summed E-state index contributed by atoms with van der Waals surface area (Å²) >= 11 is 0. The first-order chi connectivity index (χ1) is 27.5. The van der Waals surface area contributed by atoms with Crippen LogP contribution in [0.1, 0.15) is 30.2 Å². The molecule has 1 aromatic heterocycles. The van der Waals surface area contributed by atoms with Gasteiger partial charge in [-0.2, -0.15) is 0 Å². The van der Waals surface area contributed by atoms with Crippen LogP contribution in [0.4, 0.5) is 0 Å². The third kappa shape index (κ3) is 2.98. The number of benzene rings is 7. The minimum absolute atomic E-state index is 0.323. The van der Waals surface area contributed by atoms with E-state index in [1.807, 2.05) is 0 Å². The lowest BCUT2D eigenvalue weighted by atomic mass is 9.84. The van der Waals surface area contributed by atoms with Gasteiger partial charge >= 0.3 is 0 Å². The van der Waals surface area contributed by atoms with Gasteiger partial charge in [-0.3, -0.25) is 0 Å². The minimum Gasteiger partial charge on any atom is -0.456 e. The third-order valence-corrected chi connectivity index (χ3v) is 6.07. The molecule has 0 saturated heterocycles. The molecule has 0 fully saturated rings. The predicted molar refractivity (Wildman–Crippen MR) is 157 cm³/mol. The van der Waals surface area contributed by atoms with Gasteiger partial charge in [-0.25, -0.2) is 0 Å². The van der Waals surface area contributed by atoms with Gasteiger partial charge in [0, 0.05) is 10.8 Å². The van der Waals surface area contributed by atoms with E-state index in [1.54, 1.807) is 0 Å². The molecule has 7 aromatic carbocycles. The minimum atomic E-state index is -0.912. The summed E-state index contributed by atoms with van der Waals surface area (Å²) in [5.74, 6) is 0. The molecule has 1 heterocycles. The van der Waals surface area contributed by atoms with Crippen LogP contribution in [0.5, 0.6) is 0 Å². The van der Waals surface area contributed by atoms with Gasteiger partial charge in [0.1, 0.15) is 11.2 Å². The van der Waals surface area contributed by atoms with Gasteiger partial charge in [-0.05, 0) is 72.7 Å². The van der Waals surface area contributed by atoms with Crippen LogP contribution in [0.15, 0.2) is 137 Å². The fraction of sp³-hybridized carbons (Fsp3) is 0. The molecule has 8 aromatic rings. The number of hydrogen-bond donors (Lipinski definition) is 0. The molecule has 37 heavy (non-hydrogen) atoms. The zero-order valence-electron chi connectivity index (χ0n) is 40.4. The molecule has 0 N–H and O–H groups in total. The first kappa shape index (κ1) is 8.33. The van der Waals surface area contributed by atoms with Crippen LogP contribution in [0.25, 0.3) is 76.5 Å². The zero-order chi connectivity index (χ0) is 43.5. The predicted octanol–water partition coefficient (Wildman–Crippen LogP) is 10.4. The molecule has 0 aliphatic carbocycles. The van der Waals surface area contributed by atoms with Crippen LogP contribution in [-0.2, 0) is 0 Å². The van der Waals surface area contributed by atoms with Gasteiger partial charge in [-0.15, -0.1) is 0 Å². The molecule has 0 spiro atoms. The number of rotatable bonds is 2. The van der Waals surface area contributed by atoms with E-state index in [9.17, 15) is 9.60 Å². The Morgan fingerprint density at radius 2 is 1.00 bits per heavy atom. The summed E-state index contributed by atoms with van der Waals surface area (Å²) in [6.07, 6.45) is 0. The summed E-state index contributed by atoms with van der Waals surface area (Å²) in [6, 6.07) is -18.4. The van der Waals surface area contributed by atoms with Crippen molar-refractivity contribution < 1.29 is 34.6 Å². The number of hydrogen-bond acceptors (Lipinski definition) is 1. The number of fused-ring (bicyclic) bond motifs is 6. The molecule has 1 nitrogen and oxygen atoms in total. The van der Waals surface area contributed by atoms with Crippen LogP contribution < -0.4 is 0 Å². The Morgan fingerprint density at radius 3 is 1.70 bits per heavy atom. The van der Waals surface area contributed by atoms with Gasteiger partial charge < -0.3 is 4.42 Å². The van der Waals surface area contributed by atoms with E-state index in [2.05, 4.69) is 0 Å². The third-order valence-electron chi connectivity index (χ3n) is 6.07. The Kier molecular flexibility index (Phi) is 1.76. The summed E-state index contributed by atoms with van der Waals surface area (Å²) in [5, 5.41) is -4.28. The van der Waals surface area contributed by atoms with Crippen LogP contribution in [-0.4, -0.2) is 0 Å². The highest BCUT2D eigenvalue weighted by atomic mass is 16.3. The number of para-hydroxylation sites is 1. The first-order valence-corrected chi connectivity index (χ1v) is 10.9. The second-order valence-corrected chi connectivity index (χ2v) is 8.01. The molecule has 0 amide bonds. The molecule has 0 bridgehead atoms. The van der Waals surface area contributed by atoms with Gasteiger partial charge in [-0.1, -0.05) is 115 Å². The Bertz CT molecular complexity index is 3240. The molecule has 0 aliphatic heterocycles. The molecule has 0 unspecified atom stereocenters. The molecule has 172 valence electrons. The highest BCUT2D eigenvalue weighted by Gasteiger charge is 2.18.